The predicted octanol–water partition coefficient (Wildman–Crippen LogP) is 5.05. The zero-order valence-electron chi connectivity index (χ0n) is 13.8. The Bertz CT molecular complexity index is 959. The second kappa shape index (κ2) is 6.58. The fourth-order valence-corrected chi connectivity index (χ4v) is 3.25. The zero-order valence-corrected chi connectivity index (χ0v) is 15.3. The van der Waals surface area contributed by atoms with Gasteiger partial charge in [-0.1, -0.05) is 34.1 Å². The van der Waals surface area contributed by atoms with Crippen molar-refractivity contribution in [2.24, 2.45) is 0 Å². The highest BCUT2D eigenvalue weighted by Crippen LogP contribution is 2.30. The van der Waals surface area contributed by atoms with Crippen molar-refractivity contribution < 1.29 is 0 Å². The molecule has 0 unspecified atom stereocenters. The number of halogens is 1. The smallest absolute Gasteiger partial charge is 0.157 e. The molecule has 1 heterocycles. The summed E-state index contributed by atoms with van der Waals surface area (Å²) < 4.78 is 1.00. The Labute approximate surface area is 149 Å². The van der Waals surface area contributed by atoms with E-state index < -0.39 is 0 Å². The third-order valence-electron chi connectivity index (χ3n) is 4.24. The van der Waals surface area contributed by atoms with Crippen molar-refractivity contribution in [3.63, 3.8) is 0 Å². The van der Waals surface area contributed by atoms with E-state index in [1.54, 1.807) is 0 Å². The number of hydrogen-bond acceptors (Lipinski definition) is 4. The molecule has 0 bridgehead atoms. The van der Waals surface area contributed by atoms with Gasteiger partial charge in [0, 0.05) is 15.2 Å². The molecule has 2 aromatic carbocycles. The van der Waals surface area contributed by atoms with Crippen LogP contribution in [0.5, 0.6) is 0 Å². The molecule has 1 N–H and O–H groups in total. The van der Waals surface area contributed by atoms with Gasteiger partial charge in [-0.15, -0.1) is 5.10 Å². The largest absolute Gasteiger partial charge is 0.362 e. The Morgan fingerprint density at radius 1 is 1.12 bits per heavy atom. The molecule has 0 spiro atoms. The second-order valence-corrected chi connectivity index (χ2v) is 6.74. The molecule has 3 rings (SSSR count). The molecule has 5 heteroatoms. The summed E-state index contributed by atoms with van der Waals surface area (Å²) in [5.41, 5.74) is 3.67. The maximum Gasteiger partial charge on any atom is 0.157 e. The Kier molecular flexibility index (Phi) is 4.50. The number of rotatable bonds is 3. The molecule has 0 radical (unpaired) electrons. The number of aromatic nitrogens is 2. The fraction of sp³-hybridized carbons (Fsp3) is 0.211. The molecular formula is C19H17BrN4. The lowest BCUT2D eigenvalue weighted by molar-refractivity contribution is 0.852. The standard InChI is InChI=1S/C19H17BrN4/c1-11-14(10-21)5-4-6-16(11)12(2)22-19-18-9-15(20)7-8-17(18)13(3)23-24-19/h4-9,12H,1-3H3,(H,22,24)/t12-/m1/s1. The van der Waals surface area contributed by atoms with Crippen molar-refractivity contribution in [1.82, 2.24) is 10.2 Å². The zero-order chi connectivity index (χ0) is 17.3. The number of hydrogen-bond donors (Lipinski definition) is 1. The molecule has 0 saturated carbocycles. The van der Waals surface area contributed by atoms with Gasteiger partial charge in [-0.3, -0.25) is 0 Å². The third-order valence-corrected chi connectivity index (χ3v) is 4.74. The van der Waals surface area contributed by atoms with Crippen molar-refractivity contribution in [3.8, 4) is 6.07 Å². The van der Waals surface area contributed by atoms with Gasteiger partial charge in [0.25, 0.3) is 0 Å². The van der Waals surface area contributed by atoms with Crippen LogP contribution in [0.3, 0.4) is 0 Å². The van der Waals surface area contributed by atoms with Gasteiger partial charge in [-0.05, 0) is 50.1 Å². The maximum atomic E-state index is 9.22. The lowest BCUT2D eigenvalue weighted by atomic mass is 9.98. The Balaban J connectivity index is 2.03. The molecule has 1 aromatic heterocycles. The van der Waals surface area contributed by atoms with Crippen LogP contribution in [-0.4, -0.2) is 10.2 Å². The maximum absolute atomic E-state index is 9.22. The first kappa shape index (κ1) is 16.4. The molecule has 24 heavy (non-hydrogen) atoms. The predicted molar refractivity (Wildman–Crippen MR) is 99.9 cm³/mol. The minimum atomic E-state index is 0.0116. The highest BCUT2D eigenvalue weighted by atomic mass is 79.9. The topological polar surface area (TPSA) is 61.6 Å². The number of aryl methyl sites for hydroxylation is 1. The summed E-state index contributed by atoms with van der Waals surface area (Å²) in [5.74, 6) is 0.742. The molecule has 0 aliphatic carbocycles. The van der Waals surface area contributed by atoms with Gasteiger partial charge in [0.1, 0.15) is 0 Å². The van der Waals surface area contributed by atoms with E-state index in [1.165, 1.54) is 0 Å². The highest BCUT2D eigenvalue weighted by molar-refractivity contribution is 9.10. The number of nitriles is 1. The van der Waals surface area contributed by atoms with Crippen molar-refractivity contribution in [1.29, 1.82) is 5.26 Å². The van der Waals surface area contributed by atoms with Crippen LogP contribution in [0.1, 0.15) is 35.3 Å². The van der Waals surface area contributed by atoms with Crippen LogP contribution in [0.15, 0.2) is 40.9 Å². The Morgan fingerprint density at radius 2 is 1.92 bits per heavy atom. The van der Waals surface area contributed by atoms with Crippen molar-refractivity contribution >= 4 is 32.5 Å². The second-order valence-electron chi connectivity index (χ2n) is 5.82. The first-order valence-corrected chi connectivity index (χ1v) is 8.49. The van der Waals surface area contributed by atoms with E-state index in [1.807, 2.05) is 50.2 Å². The molecule has 0 aliphatic rings. The van der Waals surface area contributed by atoms with Crippen molar-refractivity contribution in [3.05, 3.63) is 63.3 Å². The fourth-order valence-electron chi connectivity index (χ4n) is 2.89. The van der Waals surface area contributed by atoms with Crippen LogP contribution in [0.25, 0.3) is 10.8 Å². The van der Waals surface area contributed by atoms with Gasteiger partial charge in [0.15, 0.2) is 5.82 Å². The quantitative estimate of drug-likeness (QED) is 0.689. The van der Waals surface area contributed by atoms with E-state index in [0.29, 0.717) is 5.56 Å². The Morgan fingerprint density at radius 3 is 2.67 bits per heavy atom. The van der Waals surface area contributed by atoms with E-state index in [2.05, 4.69) is 44.4 Å². The van der Waals surface area contributed by atoms with Crippen molar-refractivity contribution in [2.45, 2.75) is 26.8 Å². The molecule has 0 amide bonds. The molecule has 3 aromatic rings. The van der Waals surface area contributed by atoms with E-state index >= 15 is 0 Å². The summed E-state index contributed by atoms with van der Waals surface area (Å²) >= 11 is 3.52. The molecular weight excluding hydrogens is 364 g/mol. The minimum absolute atomic E-state index is 0.0116. The van der Waals surface area contributed by atoms with Gasteiger partial charge in [0.05, 0.1) is 23.4 Å². The van der Waals surface area contributed by atoms with Gasteiger partial charge >= 0.3 is 0 Å². The van der Waals surface area contributed by atoms with E-state index in [9.17, 15) is 5.26 Å². The first-order valence-electron chi connectivity index (χ1n) is 7.70. The van der Waals surface area contributed by atoms with Crippen molar-refractivity contribution in [2.75, 3.05) is 5.32 Å². The monoisotopic (exact) mass is 380 g/mol. The summed E-state index contributed by atoms with van der Waals surface area (Å²) in [7, 11) is 0. The molecule has 0 aliphatic heterocycles. The first-order chi connectivity index (χ1) is 11.5. The average Bonchev–Trinajstić information content (AvgIpc) is 2.57. The summed E-state index contributed by atoms with van der Waals surface area (Å²) in [6, 6.07) is 14.1. The summed E-state index contributed by atoms with van der Waals surface area (Å²) in [6.45, 7) is 5.99. The average molecular weight is 381 g/mol. The lowest BCUT2D eigenvalue weighted by Crippen LogP contribution is -2.11. The number of benzene rings is 2. The molecule has 4 nitrogen and oxygen atoms in total. The lowest BCUT2D eigenvalue weighted by Gasteiger charge is -2.19. The van der Waals surface area contributed by atoms with Crippen LogP contribution in [0.4, 0.5) is 5.82 Å². The minimum Gasteiger partial charge on any atom is -0.362 e. The van der Waals surface area contributed by atoms with E-state index in [0.717, 1.165) is 37.9 Å². The van der Waals surface area contributed by atoms with Gasteiger partial charge in [0.2, 0.25) is 0 Å². The van der Waals surface area contributed by atoms with E-state index in [-0.39, 0.29) is 6.04 Å². The number of nitrogens with one attached hydrogen (secondary N) is 1. The summed E-state index contributed by atoms with van der Waals surface area (Å²) in [4.78, 5) is 0. The van der Waals surface area contributed by atoms with Crippen LogP contribution in [0.2, 0.25) is 0 Å². The highest BCUT2D eigenvalue weighted by Gasteiger charge is 2.14. The summed E-state index contributed by atoms with van der Waals surface area (Å²) in [5, 5.41) is 23.4. The number of anilines is 1. The normalized spacial score (nSPS) is 12.0. The molecule has 0 saturated heterocycles. The molecule has 1 atom stereocenters. The van der Waals surface area contributed by atoms with Crippen LogP contribution in [0, 0.1) is 25.2 Å². The number of nitrogens with zero attached hydrogens (tertiary/aromatic N) is 3. The van der Waals surface area contributed by atoms with Crippen LogP contribution in [-0.2, 0) is 0 Å². The van der Waals surface area contributed by atoms with Gasteiger partial charge in [-0.25, -0.2) is 0 Å². The van der Waals surface area contributed by atoms with Gasteiger partial charge in [-0.2, -0.15) is 10.4 Å². The third kappa shape index (κ3) is 2.98. The number of fused-ring (bicyclic) bond motifs is 1. The molecule has 0 fully saturated rings. The summed E-state index contributed by atoms with van der Waals surface area (Å²) in [6.07, 6.45) is 0. The van der Waals surface area contributed by atoms with E-state index in [4.69, 9.17) is 0 Å². The van der Waals surface area contributed by atoms with Crippen LogP contribution >= 0.6 is 15.9 Å². The SMILES string of the molecule is Cc1c(C#N)cccc1[C@@H](C)Nc1nnc(C)c2ccc(Br)cc12. The van der Waals surface area contributed by atoms with Gasteiger partial charge < -0.3 is 5.32 Å². The van der Waals surface area contributed by atoms with Crippen LogP contribution < -0.4 is 5.32 Å². The Hall–Kier alpha value is -2.45. The molecule has 120 valence electrons.